The second-order valence-corrected chi connectivity index (χ2v) is 9.20. The van der Waals surface area contributed by atoms with Crippen LogP contribution in [0, 0.1) is 12.8 Å². The van der Waals surface area contributed by atoms with E-state index in [1.54, 1.807) is 0 Å². The summed E-state index contributed by atoms with van der Waals surface area (Å²) in [5.41, 5.74) is 2.51. The number of aryl methyl sites for hydroxylation is 1. The zero-order valence-corrected chi connectivity index (χ0v) is 19.3. The number of benzene rings is 1. The minimum atomic E-state index is 0.0672. The summed E-state index contributed by atoms with van der Waals surface area (Å²) < 4.78 is 16.2. The zero-order valence-electron chi connectivity index (χ0n) is 19.3. The van der Waals surface area contributed by atoms with Crippen LogP contribution < -0.4 is 14.4 Å². The van der Waals surface area contributed by atoms with Gasteiger partial charge in [0.05, 0.1) is 5.69 Å². The molecule has 3 aromatic rings. The molecule has 1 aromatic carbocycles. The van der Waals surface area contributed by atoms with Crippen molar-refractivity contribution in [2.75, 3.05) is 51.0 Å². The Labute approximate surface area is 197 Å². The van der Waals surface area contributed by atoms with Crippen LogP contribution >= 0.6 is 0 Å². The van der Waals surface area contributed by atoms with Gasteiger partial charge in [0.25, 0.3) is 5.71 Å². The average Bonchev–Trinajstić information content (AvgIpc) is 3.50. The van der Waals surface area contributed by atoms with Gasteiger partial charge in [-0.05, 0) is 37.5 Å². The summed E-state index contributed by atoms with van der Waals surface area (Å²) in [5.74, 6) is 2.84. The Balaban J connectivity index is 1.02. The molecule has 2 fully saturated rings. The first kappa shape index (κ1) is 21.2. The highest BCUT2D eigenvalue weighted by Gasteiger charge is 2.32. The predicted octanol–water partition coefficient (Wildman–Crippen LogP) is 2.22. The molecule has 178 valence electrons. The van der Waals surface area contributed by atoms with E-state index < -0.39 is 0 Å². The van der Waals surface area contributed by atoms with Crippen LogP contribution in [0.15, 0.2) is 29.0 Å². The van der Waals surface area contributed by atoms with Crippen molar-refractivity contribution in [1.29, 1.82) is 0 Å². The fourth-order valence-electron chi connectivity index (χ4n) is 5.16. The molecule has 0 spiro atoms. The molecule has 2 aromatic heterocycles. The number of rotatable bonds is 4. The third-order valence-corrected chi connectivity index (χ3v) is 7.09. The molecule has 0 saturated carbocycles. The van der Waals surface area contributed by atoms with E-state index in [0.717, 1.165) is 87.1 Å². The van der Waals surface area contributed by atoms with Crippen molar-refractivity contribution in [3.63, 3.8) is 0 Å². The predicted molar refractivity (Wildman–Crippen MR) is 124 cm³/mol. The maximum atomic E-state index is 13.2. The van der Waals surface area contributed by atoms with Gasteiger partial charge in [0.15, 0.2) is 11.5 Å². The largest absolute Gasteiger partial charge is 0.454 e. The molecule has 0 aliphatic carbocycles. The molecule has 2 saturated heterocycles. The van der Waals surface area contributed by atoms with Crippen LogP contribution in [0.2, 0.25) is 0 Å². The van der Waals surface area contributed by atoms with Gasteiger partial charge in [-0.3, -0.25) is 9.69 Å². The van der Waals surface area contributed by atoms with Gasteiger partial charge in [0, 0.05) is 51.7 Å². The lowest BCUT2D eigenvalue weighted by molar-refractivity contribution is -0.138. The fourth-order valence-corrected chi connectivity index (χ4v) is 5.16. The van der Waals surface area contributed by atoms with Crippen molar-refractivity contribution < 1.29 is 18.8 Å². The Morgan fingerprint density at radius 1 is 1.03 bits per heavy atom. The maximum Gasteiger partial charge on any atom is 0.263 e. The molecular weight excluding hydrogens is 436 g/mol. The zero-order chi connectivity index (χ0) is 23.1. The maximum absolute atomic E-state index is 13.2. The van der Waals surface area contributed by atoms with Crippen molar-refractivity contribution in [3.8, 4) is 11.5 Å². The van der Waals surface area contributed by atoms with E-state index in [1.807, 2.05) is 17.9 Å². The van der Waals surface area contributed by atoms with Crippen molar-refractivity contribution in [2.24, 2.45) is 5.92 Å². The number of hydrogen-bond acceptors (Lipinski definition) is 9. The van der Waals surface area contributed by atoms with Crippen molar-refractivity contribution >= 4 is 22.8 Å². The number of piperidine rings is 1. The number of carbonyl (C=O) groups excluding carboxylic acids is 1. The Kier molecular flexibility index (Phi) is 5.44. The number of carbonyl (C=O) groups is 1. The number of fused-ring (bicyclic) bond motifs is 2. The number of aromatic nitrogens is 3. The van der Waals surface area contributed by atoms with Gasteiger partial charge in [-0.15, -0.1) is 0 Å². The molecule has 0 atom stereocenters. The Morgan fingerprint density at radius 3 is 2.65 bits per heavy atom. The summed E-state index contributed by atoms with van der Waals surface area (Å²) in [4.78, 5) is 28.5. The number of ether oxygens (including phenoxy) is 2. The van der Waals surface area contributed by atoms with Crippen molar-refractivity contribution in [2.45, 2.75) is 26.3 Å². The van der Waals surface area contributed by atoms with Crippen LogP contribution in [-0.2, 0) is 11.3 Å². The summed E-state index contributed by atoms with van der Waals surface area (Å²) in [5, 5.41) is 4.89. The van der Waals surface area contributed by atoms with Gasteiger partial charge in [0.1, 0.15) is 17.5 Å². The Hall–Kier alpha value is -3.40. The molecule has 1 amide bonds. The summed E-state index contributed by atoms with van der Waals surface area (Å²) in [6.45, 7) is 7.94. The van der Waals surface area contributed by atoms with Crippen LogP contribution in [0.3, 0.4) is 0 Å². The van der Waals surface area contributed by atoms with E-state index in [-0.39, 0.29) is 11.8 Å². The number of anilines is 1. The van der Waals surface area contributed by atoms with Crippen LogP contribution in [-0.4, -0.2) is 76.9 Å². The number of amides is 1. The normalized spacial score (nSPS) is 19.2. The molecule has 0 unspecified atom stereocenters. The van der Waals surface area contributed by atoms with E-state index in [9.17, 15) is 4.79 Å². The number of piperazine rings is 1. The first-order valence-corrected chi connectivity index (χ1v) is 11.9. The van der Waals surface area contributed by atoms with Gasteiger partial charge in [-0.2, -0.15) is 4.98 Å². The van der Waals surface area contributed by atoms with E-state index in [1.165, 1.54) is 11.9 Å². The second-order valence-electron chi connectivity index (χ2n) is 9.20. The van der Waals surface area contributed by atoms with Crippen LogP contribution in [0.4, 0.5) is 5.82 Å². The van der Waals surface area contributed by atoms with Gasteiger partial charge in [0.2, 0.25) is 12.7 Å². The molecule has 34 heavy (non-hydrogen) atoms. The molecule has 0 N–H and O–H groups in total. The summed E-state index contributed by atoms with van der Waals surface area (Å²) in [7, 11) is 0. The van der Waals surface area contributed by atoms with E-state index in [0.29, 0.717) is 12.5 Å². The lowest BCUT2D eigenvalue weighted by Crippen LogP contribution is -2.51. The molecule has 3 aliphatic rings. The lowest BCUT2D eigenvalue weighted by atomic mass is 9.94. The molecule has 5 heterocycles. The van der Waals surface area contributed by atoms with Gasteiger partial charge >= 0.3 is 0 Å². The van der Waals surface area contributed by atoms with Crippen LogP contribution in [0.5, 0.6) is 11.5 Å². The molecule has 10 heteroatoms. The highest BCUT2D eigenvalue weighted by molar-refractivity contribution is 5.88. The number of hydrogen-bond donors (Lipinski definition) is 0. The quantitative estimate of drug-likeness (QED) is 0.576. The molecular formula is C24H28N6O4. The van der Waals surface area contributed by atoms with Gasteiger partial charge in [-0.1, -0.05) is 11.2 Å². The SMILES string of the molecule is Cc1noc2ncnc(N3CCC(C(=O)N4CCN(Cc5ccc6c(c5)OCO6)CC4)CC3)c12. The minimum absolute atomic E-state index is 0.0672. The highest BCUT2D eigenvalue weighted by atomic mass is 16.7. The van der Waals surface area contributed by atoms with Gasteiger partial charge < -0.3 is 23.8 Å². The third-order valence-electron chi connectivity index (χ3n) is 7.09. The van der Waals surface area contributed by atoms with Crippen molar-refractivity contribution in [1.82, 2.24) is 24.9 Å². The molecule has 0 radical (unpaired) electrons. The highest BCUT2D eigenvalue weighted by Crippen LogP contribution is 2.33. The standard InChI is InChI=1S/C24H28N6O4/c1-16-21-22(25-14-26-23(21)34-27-16)29-6-4-18(5-7-29)24(31)30-10-8-28(9-11-30)13-17-2-3-19-20(12-17)33-15-32-19/h2-3,12,14,18H,4-11,13,15H2,1H3. The Morgan fingerprint density at radius 2 is 1.82 bits per heavy atom. The topological polar surface area (TPSA) is 97.1 Å². The summed E-state index contributed by atoms with van der Waals surface area (Å²) in [6.07, 6.45) is 3.17. The molecule has 6 rings (SSSR count). The van der Waals surface area contributed by atoms with E-state index in [2.05, 4.69) is 37.1 Å². The smallest absolute Gasteiger partial charge is 0.263 e. The first-order chi connectivity index (χ1) is 16.7. The van der Waals surface area contributed by atoms with Gasteiger partial charge in [-0.25, -0.2) is 4.98 Å². The van der Waals surface area contributed by atoms with E-state index in [4.69, 9.17) is 14.0 Å². The summed E-state index contributed by atoms with van der Waals surface area (Å²) >= 11 is 0. The second kappa shape index (κ2) is 8.75. The lowest BCUT2D eigenvalue weighted by Gasteiger charge is -2.39. The minimum Gasteiger partial charge on any atom is -0.454 e. The molecule has 3 aliphatic heterocycles. The Bertz CT molecular complexity index is 1200. The van der Waals surface area contributed by atoms with Crippen LogP contribution in [0.1, 0.15) is 24.1 Å². The van der Waals surface area contributed by atoms with Crippen LogP contribution in [0.25, 0.3) is 11.1 Å². The first-order valence-electron chi connectivity index (χ1n) is 11.9. The van der Waals surface area contributed by atoms with E-state index >= 15 is 0 Å². The third kappa shape index (κ3) is 3.91. The van der Waals surface area contributed by atoms with Crippen molar-refractivity contribution in [3.05, 3.63) is 35.8 Å². The molecule has 10 nitrogen and oxygen atoms in total. The summed E-state index contributed by atoms with van der Waals surface area (Å²) in [6, 6.07) is 6.12. The molecule has 0 bridgehead atoms. The fraction of sp³-hybridized carbons (Fsp3) is 0.500. The average molecular weight is 465 g/mol. The number of nitrogens with zero attached hydrogens (tertiary/aromatic N) is 6. The monoisotopic (exact) mass is 464 g/mol.